The Morgan fingerprint density at radius 3 is 2.54 bits per heavy atom. The van der Waals surface area contributed by atoms with Crippen molar-refractivity contribution in [1.82, 2.24) is 14.2 Å². The average molecular weight is 358 g/mol. The lowest BCUT2D eigenvalue weighted by Crippen LogP contribution is -2.19. The number of aromatic nitrogens is 3. The van der Waals surface area contributed by atoms with Crippen molar-refractivity contribution >= 4 is 40.1 Å². The number of aliphatic carboxylic acids is 1. The number of carbonyl (C=O) groups excluding carboxylic acids is 1. The molecule has 0 bridgehead atoms. The Kier molecular flexibility index (Phi) is 4.16. The molecular formula is C16H14N4O6. The van der Waals surface area contributed by atoms with E-state index in [2.05, 4.69) is 10.4 Å². The van der Waals surface area contributed by atoms with Gasteiger partial charge in [0.05, 0.1) is 17.3 Å². The Morgan fingerprint density at radius 1 is 1.15 bits per heavy atom. The summed E-state index contributed by atoms with van der Waals surface area (Å²) < 4.78 is 2.61. The number of benzene rings is 1. The maximum atomic E-state index is 12.6. The summed E-state index contributed by atoms with van der Waals surface area (Å²) in [6.45, 7) is 0. The molecule has 3 N–H and O–H groups in total. The third-order valence-corrected chi connectivity index (χ3v) is 3.88. The highest BCUT2D eigenvalue weighted by molar-refractivity contribution is 5.95. The Bertz CT molecular complexity index is 1130. The van der Waals surface area contributed by atoms with E-state index < -0.39 is 23.4 Å². The van der Waals surface area contributed by atoms with Crippen molar-refractivity contribution in [2.75, 3.05) is 5.32 Å². The normalized spacial score (nSPS) is 11.0. The molecule has 0 unspecified atom stereocenters. The summed E-state index contributed by atoms with van der Waals surface area (Å²) in [7, 11) is 1.66. The molecule has 3 aromatic rings. The second-order valence-corrected chi connectivity index (χ2v) is 5.64. The van der Waals surface area contributed by atoms with Gasteiger partial charge in [0, 0.05) is 25.2 Å². The Balaban J connectivity index is 2.06. The van der Waals surface area contributed by atoms with Crippen LogP contribution in [0.2, 0.25) is 0 Å². The maximum absolute atomic E-state index is 12.6. The Labute approximate surface area is 145 Å². The van der Waals surface area contributed by atoms with Gasteiger partial charge in [0.25, 0.3) is 5.56 Å². The number of fused-ring (bicyclic) bond motifs is 2. The molecule has 0 aliphatic carbocycles. The number of hydrogen-bond donors (Lipinski definition) is 3. The van der Waals surface area contributed by atoms with E-state index in [0.29, 0.717) is 16.9 Å². The van der Waals surface area contributed by atoms with E-state index in [1.54, 1.807) is 23.7 Å². The number of nitrogens with one attached hydrogen (secondary N) is 1. The fourth-order valence-corrected chi connectivity index (χ4v) is 2.62. The van der Waals surface area contributed by atoms with E-state index in [1.807, 2.05) is 0 Å². The largest absolute Gasteiger partial charge is 0.481 e. The molecule has 1 amide bonds. The number of rotatable bonds is 5. The molecule has 0 saturated carbocycles. The molecule has 2 heterocycles. The van der Waals surface area contributed by atoms with Gasteiger partial charge in [-0.15, -0.1) is 0 Å². The third-order valence-electron chi connectivity index (χ3n) is 3.88. The first-order valence-electron chi connectivity index (χ1n) is 7.55. The zero-order valence-corrected chi connectivity index (χ0v) is 13.6. The van der Waals surface area contributed by atoms with Crippen LogP contribution in [0.3, 0.4) is 0 Å². The topological polar surface area (TPSA) is 143 Å². The van der Waals surface area contributed by atoms with Crippen LogP contribution in [-0.4, -0.2) is 42.2 Å². The van der Waals surface area contributed by atoms with Crippen LogP contribution >= 0.6 is 0 Å². The minimum Gasteiger partial charge on any atom is -0.481 e. The Morgan fingerprint density at radius 2 is 1.88 bits per heavy atom. The first-order valence-corrected chi connectivity index (χ1v) is 7.55. The fraction of sp³-hybridized carbons (Fsp3) is 0.188. The molecule has 26 heavy (non-hydrogen) atoms. The molecule has 3 rings (SSSR count). The molecule has 0 radical (unpaired) electrons. The SMILES string of the molecule is Cn1c2ccc(NC(=O)CCC(=O)O)cc2c(=O)n2nc(C(=O)O)cc12. The monoisotopic (exact) mass is 358 g/mol. The molecule has 0 atom stereocenters. The van der Waals surface area contributed by atoms with Crippen molar-refractivity contribution in [2.45, 2.75) is 12.8 Å². The highest BCUT2D eigenvalue weighted by Gasteiger charge is 2.16. The summed E-state index contributed by atoms with van der Waals surface area (Å²) in [6, 6.07) is 5.92. The molecule has 2 aromatic heterocycles. The van der Waals surface area contributed by atoms with Crippen LogP contribution in [0.4, 0.5) is 5.69 Å². The number of nitrogens with zero attached hydrogens (tertiary/aromatic N) is 3. The number of carboxylic acid groups (broad SMARTS) is 2. The van der Waals surface area contributed by atoms with Crippen molar-refractivity contribution in [3.8, 4) is 0 Å². The van der Waals surface area contributed by atoms with E-state index in [0.717, 1.165) is 4.52 Å². The van der Waals surface area contributed by atoms with Crippen molar-refractivity contribution < 1.29 is 24.6 Å². The summed E-state index contributed by atoms with van der Waals surface area (Å²) in [5.41, 5.74) is 0.397. The number of carbonyl (C=O) groups is 3. The van der Waals surface area contributed by atoms with Crippen LogP contribution in [0, 0.1) is 0 Å². The quantitative estimate of drug-likeness (QED) is 0.609. The molecule has 0 spiro atoms. The molecule has 0 fully saturated rings. The summed E-state index contributed by atoms with van der Waals surface area (Å²) in [5, 5.41) is 24.2. The second-order valence-electron chi connectivity index (χ2n) is 5.64. The van der Waals surface area contributed by atoms with Crippen molar-refractivity contribution in [3.05, 3.63) is 40.3 Å². The molecule has 1 aromatic carbocycles. The number of hydrogen-bond acceptors (Lipinski definition) is 5. The van der Waals surface area contributed by atoms with Gasteiger partial charge >= 0.3 is 11.9 Å². The summed E-state index contributed by atoms with van der Waals surface area (Å²) >= 11 is 0. The molecule has 134 valence electrons. The van der Waals surface area contributed by atoms with Gasteiger partial charge in [0.15, 0.2) is 5.69 Å². The predicted molar refractivity (Wildman–Crippen MR) is 90.4 cm³/mol. The smallest absolute Gasteiger partial charge is 0.356 e. The highest BCUT2D eigenvalue weighted by Crippen LogP contribution is 2.19. The fourth-order valence-electron chi connectivity index (χ4n) is 2.62. The maximum Gasteiger partial charge on any atom is 0.356 e. The first-order chi connectivity index (χ1) is 12.3. The van der Waals surface area contributed by atoms with Crippen LogP contribution in [0.5, 0.6) is 0 Å². The van der Waals surface area contributed by atoms with Gasteiger partial charge in [0.1, 0.15) is 5.65 Å². The van der Waals surface area contributed by atoms with Crippen molar-refractivity contribution in [2.24, 2.45) is 7.05 Å². The van der Waals surface area contributed by atoms with E-state index >= 15 is 0 Å². The summed E-state index contributed by atoms with van der Waals surface area (Å²) in [6.07, 6.45) is -0.488. The molecule has 10 nitrogen and oxygen atoms in total. The lowest BCUT2D eigenvalue weighted by molar-refractivity contribution is -0.138. The van der Waals surface area contributed by atoms with Crippen molar-refractivity contribution in [1.29, 1.82) is 0 Å². The van der Waals surface area contributed by atoms with Gasteiger partial charge in [-0.25, -0.2) is 4.79 Å². The summed E-state index contributed by atoms with van der Waals surface area (Å²) in [4.78, 5) is 46.0. The van der Waals surface area contributed by atoms with Gasteiger partial charge < -0.3 is 20.1 Å². The third kappa shape index (κ3) is 2.99. The van der Waals surface area contributed by atoms with Gasteiger partial charge in [-0.1, -0.05) is 0 Å². The van der Waals surface area contributed by atoms with E-state index in [4.69, 9.17) is 10.2 Å². The van der Waals surface area contributed by atoms with E-state index in [-0.39, 0.29) is 23.9 Å². The van der Waals surface area contributed by atoms with Gasteiger partial charge in [0.2, 0.25) is 5.91 Å². The minimum atomic E-state index is -1.25. The van der Waals surface area contributed by atoms with Gasteiger partial charge in [-0.3, -0.25) is 14.4 Å². The van der Waals surface area contributed by atoms with Gasteiger partial charge in [-0.05, 0) is 18.2 Å². The lowest BCUT2D eigenvalue weighted by Gasteiger charge is -2.10. The lowest BCUT2D eigenvalue weighted by atomic mass is 10.2. The van der Waals surface area contributed by atoms with Crippen LogP contribution in [-0.2, 0) is 16.6 Å². The Hall–Kier alpha value is -3.69. The molecular weight excluding hydrogens is 344 g/mol. The molecule has 0 aliphatic rings. The zero-order valence-electron chi connectivity index (χ0n) is 13.6. The number of aromatic carboxylic acids is 1. The number of amides is 1. The molecule has 0 saturated heterocycles. The standard InChI is InChI=1S/C16H14N4O6/c1-19-11-3-2-8(17-12(21)4-5-14(22)23)6-9(11)15(24)20-13(19)7-10(18-20)16(25)26/h2-3,6-7H,4-5H2,1H3,(H,17,21)(H,22,23)(H,25,26). The van der Waals surface area contributed by atoms with Crippen LogP contribution in [0.15, 0.2) is 29.1 Å². The molecule has 10 heteroatoms. The van der Waals surface area contributed by atoms with Crippen LogP contribution < -0.4 is 10.9 Å². The van der Waals surface area contributed by atoms with Crippen LogP contribution in [0.1, 0.15) is 23.3 Å². The van der Waals surface area contributed by atoms with Gasteiger partial charge in [-0.2, -0.15) is 9.61 Å². The number of anilines is 1. The molecule has 0 aliphatic heterocycles. The first kappa shape index (κ1) is 17.1. The van der Waals surface area contributed by atoms with Crippen molar-refractivity contribution in [3.63, 3.8) is 0 Å². The number of aryl methyl sites for hydroxylation is 1. The van der Waals surface area contributed by atoms with Crippen LogP contribution in [0.25, 0.3) is 16.6 Å². The van der Waals surface area contributed by atoms with E-state index in [1.165, 1.54) is 12.1 Å². The zero-order chi connectivity index (χ0) is 19.0. The average Bonchev–Trinajstić information content (AvgIpc) is 3.04. The van der Waals surface area contributed by atoms with E-state index in [9.17, 15) is 19.2 Å². The highest BCUT2D eigenvalue weighted by atomic mass is 16.4. The minimum absolute atomic E-state index is 0.189. The second kappa shape index (κ2) is 6.31. The summed E-state index contributed by atoms with van der Waals surface area (Å²) in [5.74, 6) is -2.82. The number of carboxylic acids is 2. The predicted octanol–water partition coefficient (Wildman–Crippen LogP) is 0.688.